The zero-order valence-corrected chi connectivity index (χ0v) is 23.6. The fourth-order valence-corrected chi connectivity index (χ4v) is 5.07. The molecule has 0 spiro atoms. The third-order valence-electron chi connectivity index (χ3n) is 6.14. The Hall–Kier alpha value is -4.52. The molecule has 5 amide bonds. The molecular formula is C29H28F3N5O4S. The lowest BCUT2D eigenvalue weighted by molar-refractivity contribution is -0.274. The number of para-hydroxylation sites is 1. The zero-order chi connectivity index (χ0) is 30.3. The van der Waals surface area contributed by atoms with Crippen molar-refractivity contribution in [3.8, 4) is 5.75 Å². The van der Waals surface area contributed by atoms with Gasteiger partial charge in [-0.2, -0.15) is 4.99 Å². The van der Waals surface area contributed by atoms with Gasteiger partial charge in [0.15, 0.2) is 5.17 Å². The van der Waals surface area contributed by atoms with Crippen LogP contribution in [0.2, 0.25) is 0 Å². The summed E-state index contributed by atoms with van der Waals surface area (Å²) in [6.07, 6.45) is -3.55. The van der Waals surface area contributed by atoms with Crippen LogP contribution in [-0.2, 0) is 17.6 Å². The highest BCUT2D eigenvalue weighted by Crippen LogP contribution is 2.33. The van der Waals surface area contributed by atoms with E-state index in [0.717, 1.165) is 40.9 Å². The van der Waals surface area contributed by atoms with E-state index in [1.54, 1.807) is 24.3 Å². The number of nitrogens with zero attached hydrogens (tertiary/aromatic N) is 2. The smallest absolute Gasteiger partial charge is 0.406 e. The molecule has 3 N–H and O–H groups in total. The number of benzene rings is 3. The van der Waals surface area contributed by atoms with E-state index in [9.17, 15) is 27.6 Å². The van der Waals surface area contributed by atoms with Crippen LogP contribution in [0.5, 0.6) is 5.75 Å². The van der Waals surface area contributed by atoms with E-state index in [1.807, 2.05) is 32.0 Å². The van der Waals surface area contributed by atoms with Crippen molar-refractivity contribution < 1.29 is 32.3 Å². The Kier molecular flexibility index (Phi) is 9.73. The van der Waals surface area contributed by atoms with Gasteiger partial charge in [0.2, 0.25) is 5.91 Å². The molecule has 1 fully saturated rings. The number of carbonyl (C=O) groups excluding carboxylic acids is 3. The van der Waals surface area contributed by atoms with Crippen molar-refractivity contribution in [2.24, 2.45) is 4.99 Å². The number of amidine groups is 1. The number of rotatable bonds is 8. The van der Waals surface area contributed by atoms with Crippen LogP contribution >= 0.6 is 11.8 Å². The molecule has 0 unspecified atom stereocenters. The normalized spacial score (nSPS) is 14.2. The molecule has 4 rings (SSSR count). The number of thioether (sulfide) groups is 1. The fourth-order valence-electron chi connectivity index (χ4n) is 4.22. The Bertz CT molecular complexity index is 1480. The highest BCUT2D eigenvalue weighted by molar-refractivity contribution is 8.15. The molecule has 0 atom stereocenters. The van der Waals surface area contributed by atoms with Crippen molar-refractivity contribution in [1.82, 2.24) is 5.32 Å². The van der Waals surface area contributed by atoms with Gasteiger partial charge in [0.1, 0.15) is 5.75 Å². The van der Waals surface area contributed by atoms with E-state index in [4.69, 9.17) is 0 Å². The number of ether oxygens (including phenoxy) is 1. The molecule has 13 heteroatoms. The topological polar surface area (TPSA) is 112 Å². The Labute approximate surface area is 244 Å². The van der Waals surface area contributed by atoms with Crippen LogP contribution in [0.4, 0.5) is 39.8 Å². The van der Waals surface area contributed by atoms with E-state index in [1.165, 1.54) is 28.8 Å². The second-order valence-electron chi connectivity index (χ2n) is 9.18. The summed E-state index contributed by atoms with van der Waals surface area (Å²) in [4.78, 5) is 43.1. The first-order valence-corrected chi connectivity index (χ1v) is 13.9. The minimum absolute atomic E-state index is 0.119. The van der Waals surface area contributed by atoms with Crippen molar-refractivity contribution in [2.75, 3.05) is 27.8 Å². The Morgan fingerprint density at radius 3 is 2.26 bits per heavy atom. The molecule has 42 heavy (non-hydrogen) atoms. The third-order valence-corrected chi connectivity index (χ3v) is 7.06. The molecule has 0 saturated carbocycles. The van der Waals surface area contributed by atoms with Crippen molar-refractivity contribution in [3.05, 3.63) is 83.4 Å². The summed E-state index contributed by atoms with van der Waals surface area (Å²) in [5, 5.41) is 8.26. The van der Waals surface area contributed by atoms with Crippen LogP contribution < -0.4 is 25.6 Å². The molecule has 3 aromatic rings. The van der Waals surface area contributed by atoms with E-state index in [2.05, 4.69) is 25.7 Å². The number of nitrogens with one attached hydrogen (secondary N) is 3. The lowest BCUT2D eigenvalue weighted by Crippen LogP contribution is -2.33. The van der Waals surface area contributed by atoms with Gasteiger partial charge in [-0.15, -0.1) is 13.2 Å². The maximum Gasteiger partial charge on any atom is 0.573 e. The number of alkyl halides is 3. The summed E-state index contributed by atoms with van der Waals surface area (Å²) in [6.45, 7) is 4.24. The highest BCUT2D eigenvalue weighted by Gasteiger charge is 2.33. The highest BCUT2D eigenvalue weighted by atomic mass is 32.2. The number of aryl methyl sites for hydroxylation is 2. The van der Waals surface area contributed by atoms with Gasteiger partial charge in [-0.3, -0.25) is 9.69 Å². The predicted octanol–water partition coefficient (Wildman–Crippen LogP) is 6.49. The standard InChI is InChI=1S/C29H28F3N5O4S/c1-3-20-6-4-5-18(2)25(20)37-24(38)17-42-28(37)36-26(39)33-16-15-19-7-9-21(10-8-19)34-27(40)35-22-11-13-23(14-12-22)41-29(30,31)32/h4-14H,3,15-17H2,1-2H3,(H,33,39)(H2,34,35,40). The number of anilines is 3. The minimum atomic E-state index is -4.79. The van der Waals surface area contributed by atoms with Crippen molar-refractivity contribution in [1.29, 1.82) is 0 Å². The van der Waals surface area contributed by atoms with Gasteiger partial charge in [-0.25, -0.2) is 9.59 Å². The first kappa shape index (κ1) is 30.4. The zero-order valence-electron chi connectivity index (χ0n) is 22.7. The largest absolute Gasteiger partial charge is 0.573 e. The molecule has 1 aliphatic rings. The molecule has 0 aliphatic carbocycles. The van der Waals surface area contributed by atoms with Gasteiger partial charge in [0.25, 0.3) is 0 Å². The number of aliphatic imine (C=N–C) groups is 1. The monoisotopic (exact) mass is 599 g/mol. The fraction of sp³-hybridized carbons (Fsp3) is 0.241. The van der Waals surface area contributed by atoms with Gasteiger partial charge >= 0.3 is 18.4 Å². The Morgan fingerprint density at radius 1 is 1.00 bits per heavy atom. The van der Waals surface area contributed by atoms with E-state index < -0.39 is 24.2 Å². The second kappa shape index (κ2) is 13.4. The quantitative estimate of drug-likeness (QED) is 0.274. The molecule has 1 aliphatic heterocycles. The summed E-state index contributed by atoms with van der Waals surface area (Å²) in [7, 11) is 0. The van der Waals surface area contributed by atoms with Gasteiger partial charge in [-0.05, 0) is 72.9 Å². The Morgan fingerprint density at radius 2 is 1.64 bits per heavy atom. The van der Waals surface area contributed by atoms with Crippen molar-refractivity contribution in [2.45, 2.75) is 33.1 Å². The third kappa shape index (κ3) is 8.26. The second-order valence-corrected chi connectivity index (χ2v) is 10.1. The lowest BCUT2D eigenvalue weighted by atomic mass is 10.0. The molecule has 0 radical (unpaired) electrons. The molecule has 1 heterocycles. The lowest BCUT2D eigenvalue weighted by Gasteiger charge is -2.21. The summed E-state index contributed by atoms with van der Waals surface area (Å²) in [5.41, 5.74) is 4.39. The minimum Gasteiger partial charge on any atom is -0.406 e. The van der Waals surface area contributed by atoms with Gasteiger partial charge in [0.05, 0.1) is 11.4 Å². The first-order valence-electron chi connectivity index (χ1n) is 13.0. The van der Waals surface area contributed by atoms with Crippen LogP contribution in [0.1, 0.15) is 23.6 Å². The summed E-state index contributed by atoms with van der Waals surface area (Å²) in [6, 6.07) is 16.4. The maximum atomic E-state index is 12.6. The average Bonchev–Trinajstić information content (AvgIpc) is 3.28. The van der Waals surface area contributed by atoms with Crippen LogP contribution in [0.3, 0.4) is 0 Å². The molecule has 0 bridgehead atoms. The molecule has 1 saturated heterocycles. The van der Waals surface area contributed by atoms with E-state index >= 15 is 0 Å². The number of amides is 5. The van der Waals surface area contributed by atoms with Crippen LogP contribution in [-0.4, -0.2) is 41.8 Å². The van der Waals surface area contributed by atoms with Crippen LogP contribution in [0.25, 0.3) is 0 Å². The molecule has 3 aromatic carbocycles. The molecule has 220 valence electrons. The van der Waals surface area contributed by atoms with Gasteiger partial charge in [-0.1, -0.05) is 49.0 Å². The summed E-state index contributed by atoms with van der Waals surface area (Å²) < 4.78 is 40.6. The summed E-state index contributed by atoms with van der Waals surface area (Å²) in [5.74, 6) is -0.299. The number of halogens is 3. The van der Waals surface area contributed by atoms with Crippen LogP contribution in [0, 0.1) is 6.92 Å². The number of hydrogen-bond acceptors (Lipinski definition) is 5. The summed E-state index contributed by atoms with van der Waals surface area (Å²) >= 11 is 1.23. The van der Waals surface area contributed by atoms with Gasteiger partial charge in [0, 0.05) is 17.9 Å². The average molecular weight is 600 g/mol. The molecular weight excluding hydrogens is 571 g/mol. The Balaban J connectivity index is 1.26. The number of carbonyl (C=O) groups is 3. The van der Waals surface area contributed by atoms with Gasteiger partial charge < -0.3 is 20.7 Å². The van der Waals surface area contributed by atoms with E-state index in [-0.39, 0.29) is 17.3 Å². The predicted molar refractivity (Wildman–Crippen MR) is 157 cm³/mol. The van der Waals surface area contributed by atoms with Crippen molar-refractivity contribution >= 4 is 52.0 Å². The van der Waals surface area contributed by atoms with Crippen LogP contribution in [0.15, 0.2) is 71.7 Å². The maximum absolute atomic E-state index is 12.6. The number of hydrogen-bond donors (Lipinski definition) is 3. The number of urea groups is 2. The first-order chi connectivity index (χ1) is 20.0. The van der Waals surface area contributed by atoms with Crippen molar-refractivity contribution in [3.63, 3.8) is 0 Å². The molecule has 0 aromatic heterocycles. The van der Waals surface area contributed by atoms with E-state index in [0.29, 0.717) is 23.8 Å². The SMILES string of the molecule is CCc1cccc(C)c1N1C(=O)CSC1=NC(=O)NCCc1ccc(NC(=O)Nc2ccc(OC(F)(F)F)cc2)cc1. The molecule has 9 nitrogen and oxygen atoms in total.